The van der Waals surface area contributed by atoms with Gasteiger partial charge in [-0.1, -0.05) is 30.3 Å². The van der Waals surface area contributed by atoms with E-state index in [0.717, 1.165) is 42.9 Å². The molecule has 2 aromatic carbocycles. The van der Waals surface area contributed by atoms with Gasteiger partial charge < -0.3 is 9.47 Å². The van der Waals surface area contributed by atoms with Gasteiger partial charge in [0.15, 0.2) is 0 Å². The van der Waals surface area contributed by atoms with Gasteiger partial charge in [-0.25, -0.2) is 13.1 Å². The van der Waals surface area contributed by atoms with E-state index < -0.39 is 22.1 Å². The molecule has 10 heteroatoms. The molecule has 3 rings (SSSR count). The van der Waals surface area contributed by atoms with Crippen LogP contribution in [0.3, 0.4) is 0 Å². The number of morpholine rings is 1. The summed E-state index contributed by atoms with van der Waals surface area (Å²) in [4.78, 5) is 2.03. The van der Waals surface area contributed by atoms with E-state index in [1.165, 1.54) is 0 Å². The molecule has 0 radical (unpaired) electrons. The Balaban J connectivity index is 1.54. The van der Waals surface area contributed by atoms with Crippen molar-refractivity contribution in [3.8, 4) is 5.75 Å². The molecule has 0 spiro atoms. The molecule has 1 heterocycles. The molecule has 0 aliphatic carbocycles. The monoisotopic (exact) mass is 430 g/mol. The highest BCUT2D eigenvalue weighted by Gasteiger charge is 2.31. The van der Waals surface area contributed by atoms with Gasteiger partial charge >= 0.3 is 6.36 Å². The van der Waals surface area contributed by atoms with Crippen molar-refractivity contribution in [2.24, 2.45) is 0 Å². The molecule has 29 heavy (non-hydrogen) atoms. The summed E-state index contributed by atoms with van der Waals surface area (Å²) >= 11 is 0. The van der Waals surface area contributed by atoms with E-state index in [-0.39, 0.29) is 17.5 Å². The average molecular weight is 430 g/mol. The first-order valence-corrected chi connectivity index (χ1v) is 10.4. The zero-order valence-electron chi connectivity index (χ0n) is 15.4. The summed E-state index contributed by atoms with van der Waals surface area (Å²) < 4.78 is 73.2. The SMILES string of the molecule is O=S(=O)(NCC1CN(Cc2ccccc2)CCO1)c1ccc(OC(F)(F)F)cc1. The third-order valence-electron chi connectivity index (χ3n) is 4.34. The summed E-state index contributed by atoms with van der Waals surface area (Å²) in [5.41, 5.74) is 1.16. The molecule has 158 valence electrons. The summed E-state index contributed by atoms with van der Waals surface area (Å²) in [6, 6.07) is 14.0. The number of hydrogen-bond donors (Lipinski definition) is 1. The number of ether oxygens (including phenoxy) is 2. The largest absolute Gasteiger partial charge is 0.573 e. The highest BCUT2D eigenvalue weighted by atomic mass is 32.2. The molecular weight excluding hydrogens is 409 g/mol. The molecule has 0 amide bonds. The second-order valence-corrected chi connectivity index (χ2v) is 8.35. The highest BCUT2D eigenvalue weighted by Crippen LogP contribution is 2.24. The first kappa shape index (κ1) is 21.6. The number of sulfonamides is 1. The van der Waals surface area contributed by atoms with Crippen LogP contribution in [-0.2, 0) is 21.3 Å². The van der Waals surface area contributed by atoms with Crippen LogP contribution in [0.25, 0.3) is 0 Å². The molecule has 1 saturated heterocycles. The van der Waals surface area contributed by atoms with E-state index in [0.29, 0.717) is 13.2 Å². The Labute approximate surface area is 167 Å². The van der Waals surface area contributed by atoms with Crippen molar-refractivity contribution in [2.45, 2.75) is 23.9 Å². The molecular formula is C19H21F3N2O4S. The fourth-order valence-electron chi connectivity index (χ4n) is 3.00. The number of halogens is 3. The molecule has 0 aromatic heterocycles. The number of benzene rings is 2. The van der Waals surface area contributed by atoms with Crippen LogP contribution in [0.4, 0.5) is 13.2 Å². The van der Waals surface area contributed by atoms with Gasteiger partial charge in [-0.2, -0.15) is 0 Å². The molecule has 1 unspecified atom stereocenters. The Bertz CT molecular complexity index is 890. The Morgan fingerprint density at radius 3 is 2.45 bits per heavy atom. The van der Waals surface area contributed by atoms with Crippen LogP contribution in [0, 0.1) is 0 Å². The van der Waals surface area contributed by atoms with Crippen molar-refractivity contribution < 1.29 is 31.1 Å². The number of nitrogens with one attached hydrogen (secondary N) is 1. The fraction of sp³-hybridized carbons (Fsp3) is 0.368. The zero-order valence-corrected chi connectivity index (χ0v) is 16.2. The second-order valence-electron chi connectivity index (χ2n) is 6.58. The predicted octanol–water partition coefficient (Wildman–Crippen LogP) is 2.76. The molecule has 1 fully saturated rings. The molecule has 1 aliphatic rings. The number of rotatable bonds is 7. The zero-order chi connectivity index (χ0) is 20.9. The number of hydrogen-bond acceptors (Lipinski definition) is 5. The van der Waals surface area contributed by atoms with Crippen LogP contribution in [0.2, 0.25) is 0 Å². The van der Waals surface area contributed by atoms with Gasteiger partial charge in [-0.3, -0.25) is 4.90 Å². The van der Waals surface area contributed by atoms with Gasteiger partial charge in [0.1, 0.15) is 5.75 Å². The molecule has 2 aromatic rings. The van der Waals surface area contributed by atoms with E-state index in [9.17, 15) is 21.6 Å². The predicted molar refractivity (Wildman–Crippen MR) is 99.8 cm³/mol. The van der Waals surface area contributed by atoms with Gasteiger partial charge in [-0.15, -0.1) is 13.2 Å². The maximum absolute atomic E-state index is 12.4. The first-order chi connectivity index (χ1) is 13.7. The van der Waals surface area contributed by atoms with Crippen LogP contribution in [0.15, 0.2) is 59.5 Å². The lowest BCUT2D eigenvalue weighted by atomic mass is 10.2. The maximum atomic E-state index is 12.4. The number of alkyl halides is 3. The van der Waals surface area contributed by atoms with Gasteiger partial charge in [0.25, 0.3) is 0 Å². The smallest absolute Gasteiger partial charge is 0.406 e. The molecule has 0 bridgehead atoms. The quantitative estimate of drug-likeness (QED) is 0.732. The van der Waals surface area contributed by atoms with Crippen LogP contribution in [-0.4, -0.2) is 52.0 Å². The van der Waals surface area contributed by atoms with Crippen molar-refractivity contribution in [1.82, 2.24) is 9.62 Å². The minimum absolute atomic E-state index is 0.0639. The Morgan fingerprint density at radius 1 is 1.10 bits per heavy atom. The topological polar surface area (TPSA) is 67.9 Å². The van der Waals surface area contributed by atoms with Gasteiger partial charge in [0.2, 0.25) is 10.0 Å². The second kappa shape index (κ2) is 9.12. The van der Waals surface area contributed by atoms with Crippen LogP contribution in [0.1, 0.15) is 5.56 Å². The third-order valence-corrected chi connectivity index (χ3v) is 5.78. The van der Waals surface area contributed by atoms with Gasteiger partial charge in [-0.05, 0) is 29.8 Å². The summed E-state index contributed by atoms with van der Waals surface area (Å²) in [6.45, 7) is 2.61. The minimum Gasteiger partial charge on any atom is -0.406 e. The lowest BCUT2D eigenvalue weighted by Crippen LogP contribution is -2.47. The Morgan fingerprint density at radius 2 is 1.79 bits per heavy atom. The average Bonchev–Trinajstić information content (AvgIpc) is 2.67. The third kappa shape index (κ3) is 6.70. The van der Waals surface area contributed by atoms with Crippen LogP contribution < -0.4 is 9.46 Å². The summed E-state index contributed by atoms with van der Waals surface area (Å²) in [5.74, 6) is -0.483. The van der Waals surface area contributed by atoms with Crippen molar-refractivity contribution in [2.75, 3.05) is 26.2 Å². The van der Waals surface area contributed by atoms with Crippen LogP contribution in [0.5, 0.6) is 5.75 Å². The van der Waals surface area contributed by atoms with Gasteiger partial charge in [0, 0.05) is 26.2 Å². The molecule has 1 aliphatic heterocycles. The first-order valence-electron chi connectivity index (χ1n) is 8.95. The Kier molecular flexibility index (Phi) is 6.78. The van der Waals surface area contributed by atoms with E-state index in [4.69, 9.17) is 4.74 Å². The number of nitrogens with zero attached hydrogens (tertiary/aromatic N) is 1. The normalized spacial score (nSPS) is 18.5. The molecule has 6 nitrogen and oxygen atoms in total. The minimum atomic E-state index is -4.83. The molecule has 1 N–H and O–H groups in total. The summed E-state index contributed by atoms with van der Waals surface area (Å²) in [5, 5.41) is 0. The maximum Gasteiger partial charge on any atom is 0.573 e. The lowest BCUT2D eigenvalue weighted by Gasteiger charge is -2.33. The standard InChI is InChI=1S/C19H21F3N2O4S/c20-19(21,22)28-16-6-8-18(9-7-16)29(25,26)23-12-17-14-24(10-11-27-17)13-15-4-2-1-3-5-15/h1-9,17,23H,10-14H2. The van der Waals surface area contributed by atoms with E-state index >= 15 is 0 Å². The van der Waals surface area contributed by atoms with E-state index in [1.54, 1.807) is 0 Å². The van der Waals surface area contributed by atoms with Crippen molar-refractivity contribution in [3.05, 3.63) is 60.2 Å². The lowest BCUT2D eigenvalue weighted by molar-refractivity contribution is -0.274. The van der Waals surface area contributed by atoms with Crippen molar-refractivity contribution >= 4 is 10.0 Å². The summed E-state index contributed by atoms with van der Waals surface area (Å²) in [7, 11) is -3.88. The highest BCUT2D eigenvalue weighted by molar-refractivity contribution is 7.89. The van der Waals surface area contributed by atoms with Crippen LogP contribution >= 0.6 is 0 Å². The fourth-order valence-corrected chi connectivity index (χ4v) is 4.06. The van der Waals surface area contributed by atoms with E-state index in [2.05, 4.69) is 14.4 Å². The Hall–Kier alpha value is -2.14. The molecule has 0 saturated carbocycles. The van der Waals surface area contributed by atoms with E-state index in [1.807, 2.05) is 30.3 Å². The van der Waals surface area contributed by atoms with Crippen molar-refractivity contribution in [1.29, 1.82) is 0 Å². The molecule has 1 atom stereocenters. The van der Waals surface area contributed by atoms with Crippen molar-refractivity contribution in [3.63, 3.8) is 0 Å². The van der Waals surface area contributed by atoms with Gasteiger partial charge in [0.05, 0.1) is 17.6 Å². The summed E-state index contributed by atoms with van der Waals surface area (Å²) in [6.07, 6.45) is -5.15.